The third kappa shape index (κ3) is 5.37. The summed E-state index contributed by atoms with van der Waals surface area (Å²) in [5, 5.41) is 0.340. The highest BCUT2D eigenvalue weighted by molar-refractivity contribution is 6.20. The maximum absolute atomic E-state index is 6.10. The molecule has 1 heteroatoms. The maximum atomic E-state index is 6.10. The molecule has 0 bridgehead atoms. The monoisotopic (exact) mass is 236 g/mol. The molecule has 0 heterocycles. The maximum Gasteiger partial charge on any atom is 0.0333 e. The summed E-state index contributed by atoms with van der Waals surface area (Å²) in [6.45, 7) is 4.39. The average molecular weight is 237 g/mol. The molecule has 0 nitrogen and oxygen atoms in total. The normalized spacial score (nSPS) is 15.2. The van der Waals surface area contributed by atoms with Gasteiger partial charge in [0.15, 0.2) is 0 Å². The predicted octanol–water partition coefficient (Wildman–Crippen LogP) is 5.13. The molecule has 0 saturated carbocycles. The molecule has 0 saturated heterocycles. The summed E-state index contributed by atoms with van der Waals surface area (Å²) >= 11 is 6.10. The Morgan fingerprint density at radius 2 is 1.88 bits per heavy atom. The minimum absolute atomic E-state index is 0.340. The highest BCUT2D eigenvalue weighted by atomic mass is 35.5. The highest BCUT2D eigenvalue weighted by Gasteiger charge is 2.03. The van der Waals surface area contributed by atoms with E-state index in [2.05, 4.69) is 50.3 Å². The second-order valence-electron chi connectivity index (χ2n) is 4.33. The zero-order chi connectivity index (χ0) is 11.8. The Morgan fingerprint density at radius 1 is 1.19 bits per heavy atom. The molecule has 88 valence electrons. The van der Waals surface area contributed by atoms with E-state index in [0.717, 1.165) is 12.8 Å². The van der Waals surface area contributed by atoms with Crippen molar-refractivity contribution in [1.29, 1.82) is 0 Å². The van der Waals surface area contributed by atoms with Gasteiger partial charge in [0.25, 0.3) is 0 Å². The first-order chi connectivity index (χ1) is 7.72. The molecular weight excluding hydrogens is 216 g/mol. The Balaban J connectivity index is 2.34. The third-order valence-electron chi connectivity index (χ3n) is 2.80. The lowest BCUT2D eigenvalue weighted by Gasteiger charge is -2.09. The number of benzene rings is 1. The summed E-state index contributed by atoms with van der Waals surface area (Å²) in [5.41, 5.74) is 1.27. The molecular formula is C15H21Cl. The molecule has 0 aliphatic rings. The number of alkyl halides is 1. The first-order valence-corrected chi connectivity index (χ1v) is 6.53. The van der Waals surface area contributed by atoms with Gasteiger partial charge in [-0.15, -0.1) is 11.6 Å². The van der Waals surface area contributed by atoms with Gasteiger partial charge >= 0.3 is 0 Å². The van der Waals surface area contributed by atoms with Gasteiger partial charge in [-0.2, -0.15) is 0 Å². The van der Waals surface area contributed by atoms with Crippen LogP contribution in [0.25, 0.3) is 6.08 Å². The van der Waals surface area contributed by atoms with E-state index in [-0.39, 0.29) is 0 Å². The quantitative estimate of drug-likeness (QED) is 0.601. The average Bonchev–Trinajstić information content (AvgIpc) is 2.34. The van der Waals surface area contributed by atoms with Gasteiger partial charge in [-0.3, -0.25) is 0 Å². The molecule has 2 atom stereocenters. The van der Waals surface area contributed by atoms with Crippen LogP contribution in [0, 0.1) is 5.92 Å². The topological polar surface area (TPSA) is 0 Å². The second-order valence-corrected chi connectivity index (χ2v) is 4.95. The fraction of sp³-hybridized carbons (Fsp3) is 0.467. The van der Waals surface area contributed by atoms with E-state index >= 15 is 0 Å². The van der Waals surface area contributed by atoms with Crippen molar-refractivity contribution in [2.24, 2.45) is 5.92 Å². The van der Waals surface area contributed by atoms with Crippen LogP contribution in [-0.4, -0.2) is 5.38 Å². The summed E-state index contributed by atoms with van der Waals surface area (Å²) < 4.78 is 0. The van der Waals surface area contributed by atoms with Gasteiger partial charge in [-0.1, -0.05) is 56.3 Å². The van der Waals surface area contributed by atoms with E-state index in [0.29, 0.717) is 11.3 Å². The zero-order valence-corrected chi connectivity index (χ0v) is 11.0. The summed E-state index contributed by atoms with van der Waals surface area (Å²) in [5.74, 6) is 0.605. The van der Waals surface area contributed by atoms with Crippen LogP contribution in [-0.2, 0) is 0 Å². The van der Waals surface area contributed by atoms with Crippen LogP contribution in [0.15, 0.2) is 36.4 Å². The van der Waals surface area contributed by atoms with Crippen LogP contribution in [0.5, 0.6) is 0 Å². The van der Waals surface area contributed by atoms with Crippen LogP contribution >= 0.6 is 11.6 Å². The SMILES string of the molecule is CCC(Cl)CCC(C)C=Cc1ccccc1. The van der Waals surface area contributed by atoms with Crippen LogP contribution in [0.3, 0.4) is 0 Å². The van der Waals surface area contributed by atoms with Crippen molar-refractivity contribution in [2.45, 2.75) is 38.5 Å². The second kappa shape index (κ2) is 7.51. The van der Waals surface area contributed by atoms with Crippen molar-refractivity contribution in [1.82, 2.24) is 0 Å². The number of rotatable bonds is 6. The van der Waals surface area contributed by atoms with Crippen molar-refractivity contribution in [3.05, 3.63) is 42.0 Å². The van der Waals surface area contributed by atoms with E-state index in [1.807, 2.05) is 6.07 Å². The van der Waals surface area contributed by atoms with Crippen LogP contribution < -0.4 is 0 Å². The minimum atomic E-state index is 0.340. The van der Waals surface area contributed by atoms with E-state index in [4.69, 9.17) is 11.6 Å². The zero-order valence-electron chi connectivity index (χ0n) is 10.2. The smallest absolute Gasteiger partial charge is 0.0333 e. The van der Waals surface area contributed by atoms with Crippen LogP contribution in [0.4, 0.5) is 0 Å². The minimum Gasteiger partial charge on any atom is -0.123 e. The lowest BCUT2D eigenvalue weighted by molar-refractivity contribution is 0.582. The van der Waals surface area contributed by atoms with E-state index in [1.54, 1.807) is 0 Å². The molecule has 0 radical (unpaired) electrons. The van der Waals surface area contributed by atoms with Gasteiger partial charge in [0.1, 0.15) is 0 Å². The molecule has 0 aliphatic carbocycles. The molecule has 1 aromatic rings. The molecule has 0 amide bonds. The molecule has 0 aromatic heterocycles. The Hall–Kier alpha value is -0.750. The number of halogens is 1. The Labute approximate surface area is 104 Å². The summed E-state index contributed by atoms with van der Waals surface area (Å²) in [6.07, 6.45) is 7.81. The Morgan fingerprint density at radius 3 is 2.50 bits per heavy atom. The third-order valence-corrected chi connectivity index (χ3v) is 3.32. The molecule has 0 N–H and O–H groups in total. The molecule has 1 rings (SSSR count). The van der Waals surface area contributed by atoms with Crippen LogP contribution in [0.2, 0.25) is 0 Å². The number of allylic oxidation sites excluding steroid dienone is 1. The van der Waals surface area contributed by atoms with Gasteiger partial charge < -0.3 is 0 Å². The van der Waals surface area contributed by atoms with Gasteiger partial charge in [0, 0.05) is 5.38 Å². The van der Waals surface area contributed by atoms with Crippen molar-refractivity contribution in [3.8, 4) is 0 Å². The van der Waals surface area contributed by atoms with E-state index in [1.165, 1.54) is 12.0 Å². The molecule has 0 spiro atoms. The van der Waals surface area contributed by atoms with Crippen molar-refractivity contribution in [2.75, 3.05) is 0 Å². The van der Waals surface area contributed by atoms with Crippen molar-refractivity contribution < 1.29 is 0 Å². The first kappa shape index (κ1) is 13.3. The standard InChI is InChI=1S/C15H21Cl/c1-3-15(16)12-10-13(2)9-11-14-7-5-4-6-8-14/h4-9,11,13,15H,3,10,12H2,1-2H3. The van der Waals surface area contributed by atoms with Crippen LogP contribution in [0.1, 0.15) is 38.7 Å². The fourth-order valence-electron chi connectivity index (χ4n) is 1.58. The molecule has 16 heavy (non-hydrogen) atoms. The fourth-order valence-corrected chi connectivity index (χ4v) is 1.71. The summed E-state index contributed by atoms with van der Waals surface area (Å²) in [6, 6.07) is 10.4. The van der Waals surface area contributed by atoms with Crippen molar-refractivity contribution in [3.63, 3.8) is 0 Å². The number of hydrogen-bond acceptors (Lipinski definition) is 0. The largest absolute Gasteiger partial charge is 0.123 e. The summed E-state index contributed by atoms with van der Waals surface area (Å²) in [7, 11) is 0. The Kier molecular flexibility index (Phi) is 6.25. The van der Waals surface area contributed by atoms with Gasteiger partial charge in [-0.05, 0) is 30.7 Å². The van der Waals surface area contributed by atoms with Gasteiger partial charge in [-0.25, -0.2) is 0 Å². The molecule has 0 aliphatic heterocycles. The predicted molar refractivity (Wildman–Crippen MR) is 73.8 cm³/mol. The van der Waals surface area contributed by atoms with Gasteiger partial charge in [0.05, 0.1) is 0 Å². The molecule has 0 fully saturated rings. The van der Waals surface area contributed by atoms with Gasteiger partial charge in [0.2, 0.25) is 0 Å². The molecule has 1 aromatic carbocycles. The highest BCUT2D eigenvalue weighted by Crippen LogP contribution is 2.16. The van der Waals surface area contributed by atoms with Crippen molar-refractivity contribution >= 4 is 17.7 Å². The summed E-state index contributed by atoms with van der Waals surface area (Å²) in [4.78, 5) is 0. The molecule has 2 unspecified atom stereocenters. The number of hydrogen-bond donors (Lipinski definition) is 0. The lowest BCUT2D eigenvalue weighted by Crippen LogP contribution is -1.99. The Bertz CT molecular complexity index is 302. The van der Waals surface area contributed by atoms with E-state index in [9.17, 15) is 0 Å². The van der Waals surface area contributed by atoms with E-state index < -0.39 is 0 Å². The lowest BCUT2D eigenvalue weighted by atomic mass is 10.0. The first-order valence-electron chi connectivity index (χ1n) is 6.09.